The van der Waals surface area contributed by atoms with E-state index in [0.717, 1.165) is 5.75 Å². The fourth-order valence-corrected chi connectivity index (χ4v) is 1.37. The van der Waals surface area contributed by atoms with E-state index in [0.29, 0.717) is 13.2 Å². The van der Waals surface area contributed by atoms with Gasteiger partial charge in [0, 0.05) is 0 Å². The van der Waals surface area contributed by atoms with Crippen LogP contribution in [0.2, 0.25) is 0 Å². The van der Waals surface area contributed by atoms with Crippen LogP contribution in [0.4, 0.5) is 0 Å². The van der Waals surface area contributed by atoms with E-state index in [2.05, 4.69) is 6.07 Å². The van der Waals surface area contributed by atoms with Crippen molar-refractivity contribution in [1.29, 1.82) is 0 Å². The van der Waals surface area contributed by atoms with E-state index >= 15 is 0 Å². The quantitative estimate of drug-likeness (QED) is 0.730. The van der Waals surface area contributed by atoms with Gasteiger partial charge in [-0.3, -0.25) is 0 Å². The van der Waals surface area contributed by atoms with Crippen molar-refractivity contribution in [3.05, 3.63) is 30.3 Å². The maximum absolute atomic E-state index is 5.63. The minimum Gasteiger partial charge on any atom is -0.485 e. The Hall–Kier alpha value is -1.06. The summed E-state index contributed by atoms with van der Waals surface area (Å²) in [4.78, 5) is 0. The molecule has 0 saturated carbocycles. The first kappa shape index (κ1) is 9.49. The second-order valence-electron chi connectivity index (χ2n) is 3.17. The van der Waals surface area contributed by atoms with Gasteiger partial charge in [-0.1, -0.05) is 12.1 Å². The predicted molar refractivity (Wildman–Crippen MR) is 51.1 cm³/mol. The normalized spacial score (nSPS) is 19.5. The lowest BCUT2D eigenvalue weighted by Crippen LogP contribution is -2.29. The minimum absolute atomic E-state index is 0.0834. The summed E-state index contributed by atoms with van der Waals surface area (Å²) < 4.78 is 16.3. The molecule has 75 valence electrons. The minimum atomic E-state index is -0.237. The molecule has 0 amide bonds. The number of rotatable bonds is 3. The van der Waals surface area contributed by atoms with E-state index in [-0.39, 0.29) is 12.4 Å². The van der Waals surface area contributed by atoms with Gasteiger partial charge < -0.3 is 14.2 Å². The Morgan fingerprint density at radius 3 is 2.64 bits per heavy atom. The van der Waals surface area contributed by atoms with E-state index in [4.69, 9.17) is 14.2 Å². The Labute approximate surface area is 83.6 Å². The van der Waals surface area contributed by atoms with Crippen LogP contribution in [0.25, 0.3) is 0 Å². The molecule has 1 aliphatic rings. The molecule has 2 rings (SSSR count). The SMILES string of the molecule is CC(Oc1cc[c]cc1)C1OCCO1. The average molecular weight is 193 g/mol. The second-order valence-corrected chi connectivity index (χ2v) is 3.17. The van der Waals surface area contributed by atoms with Crippen molar-refractivity contribution < 1.29 is 14.2 Å². The molecule has 1 atom stereocenters. The number of benzene rings is 1. The fourth-order valence-electron chi connectivity index (χ4n) is 1.37. The van der Waals surface area contributed by atoms with Gasteiger partial charge in [0.15, 0.2) is 6.29 Å². The van der Waals surface area contributed by atoms with Gasteiger partial charge in [0.05, 0.1) is 13.2 Å². The summed E-state index contributed by atoms with van der Waals surface area (Å²) in [5.74, 6) is 0.815. The van der Waals surface area contributed by atoms with Gasteiger partial charge in [0.1, 0.15) is 11.9 Å². The molecule has 1 aromatic carbocycles. The van der Waals surface area contributed by atoms with Gasteiger partial charge in [-0.15, -0.1) is 0 Å². The molecule has 1 radical (unpaired) electrons. The van der Waals surface area contributed by atoms with Crippen LogP contribution in [0.1, 0.15) is 6.92 Å². The van der Waals surface area contributed by atoms with Crippen molar-refractivity contribution in [2.75, 3.05) is 13.2 Å². The predicted octanol–water partition coefficient (Wildman–Crippen LogP) is 1.63. The van der Waals surface area contributed by atoms with E-state index in [1.807, 2.05) is 31.2 Å². The van der Waals surface area contributed by atoms with Crippen molar-refractivity contribution >= 4 is 0 Å². The monoisotopic (exact) mass is 193 g/mol. The lowest BCUT2D eigenvalue weighted by molar-refractivity contribution is -0.104. The van der Waals surface area contributed by atoms with E-state index in [1.165, 1.54) is 0 Å². The van der Waals surface area contributed by atoms with Gasteiger partial charge >= 0.3 is 0 Å². The standard InChI is InChI=1S/C11H13O3/c1-9(11-12-7-8-13-11)14-10-5-3-2-4-6-10/h3-6,9,11H,7-8H2,1H3. The smallest absolute Gasteiger partial charge is 0.194 e. The van der Waals surface area contributed by atoms with Gasteiger partial charge in [-0.2, -0.15) is 0 Å². The first-order valence-electron chi connectivity index (χ1n) is 4.72. The van der Waals surface area contributed by atoms with Crippen LogP contribution in [0.15, 0.2) is 24.3 Å². The Morgan fingerprint density at radius 2 is 2.00 bits per heavy atom. The molecule has 0 bridgehead atoms. The summed E-state index contributed by atoms with van der Waals surface area (Å²) in [5, 5.41) is 0. The van der Waals surface area contributed by atoms with Crippen molar-refractivity contribution in [1.82, 2.24) is 0 Å². The third kappa shape index (κ3) is 2.25. The van der Waals surface area contributed by atoms with Crippen LogP contribution in [-0.2, 0) is 9.47 Å². The number of ether oxygens (including phenoxy) is 3. The van der Waals surface area contributed by atoms with Gasteiger partial charge in [0.2, 0.25) is 0 Å². The summed E-state index contributed by atoms with van der Waals surface area (Å²) in [5.41, 5.74) is 0. The van der Waals surface area contributed by atoms with E-state index in [1.54, 1.807) is 0 Å². The molecular weight excluding hydrogens is 180 g/mol. The fraction of sp³-hybridized carbons (Fsp3) is 0.455. The third-order valence-electron chi connectivity index (χ3n) is 2.04. The van der Waals surface area contributed by atoms with Crippen molar-refractivity contribution in [3.63, 3.8) is 0 Å². The highest BCUT2D eigenvalue weighted by atomic mass is 16.7. The molecule has 3 nitrogen and oxygen atoms in total. The largest absolute Gasteiger partial charge is 0.485 e. The summed E-state index contributed by atoms with van der Waals surface area (Å²) in [7, 11) is 0. The van der Waals surface area contributed by atoms with Crippen LogP contribution < -0.4 is 4.74 Å². The van der Waals surface area contributed by atoms with Crippen molar-refractivity contribution in [3.8, 4) is 5.75 Å². The average Bonchev–Trinajstić information content (AvgIpc) is 2.72. The molecule has 1 unspecified atom stereocenters. The lowest BCUT2D eigenvalue weighted by atomic mass is 10.3. The molecule has 14 heavy (non-hydrogen) atoms. The molecule has 0 spiro atoms. The first-order chi connectivity index (χ1) is 6.86. The molecule has 1 fully saturated rings. The number of hydrogen-bond donors (Lipinski definition) is 0. The molecule has 1 aliphatic heterocycles. The summed E-state index contributed by atoms with van der Waals surface area (Å²) >= 11 is 0. The highest BCUT2D eigenvalue weighted by Gasteiger charge is 2.24. The summed E-state index contributed by atoms with van der Waals surface area (Å²) in [6.07, 6.45) is -0.320. The molecule has 1 saturated heterocycles. The molecule has 0 N–H and O–H groups in total. The molecule has 1 heterocycles. The van der Waals surface area contributed by atoms with E-state index in [9.17, 15) is 0 Å². The van der Waals surface area contributed by atoms with Crippen molar-refractivity contribution in [2.24, 2.45) is 0 Å². The molecule has 0 aromatic heterocycles. The lowest BCUT2D eigenvalue weighted by Gasteiger charge is -2.19. The molecule has 0 aliphatic carbocycles. The maximum atomic E-state index is 5.63. The van der Waals surface area contributed by atoms with Gasteiger partial charge in [-0.05, 0) is 25.1 Å². The van der Waals surface area contributed by atoms with Crippen LogP contribution in [0.5, 0.6) is 5.75 Å². The van der Waals surface area contributed by atoms with Gasteiger partial charge in [0.25, 0.3) is 0 Å². The van der Waals surface area contributed by atoms with Gasteiger partial charge in [-0.25, -0.2) is 0 Å². The molecular formula is C11H13O3. The van der Waals surface area contributed by atoms with E-state index < -0.39 is 0 Å². The zero-order chi connectivity index (χ0) is 9.80. The summed E-state index contributed by atoms with van der Waals surface area (Å²) in [6, 6.07) is 10.3. The Balaban J connectivity index is 1.90. The van der Waals surface area contributed by atoms with Crippen LogP contribution in [0, 0.1) is 6.07 Å². The second kappa shape index (κ2) is 4.44. The van der Waals surface area contributed by atoms with Crippen LogP contribution in [0.3, 0.4) is 0 Å². The molecule has 1 aromatic rings. The highest BCUT2D eigenvalue weighted by Crippen LogP contribution is 2.16. The zero-order valence-corrected chi connectivity index (χ0v) is 8.10. The Morgan fingerprint density at radius 1 is 1.36 bits per heavy atom. The van der Waals surface area contributed by atoms with Crippen molar-refractivity contribution in [2.45, 2.75) is 19.3 Å². The highest BCUT2D eigenvalue weighted by molar-refractivity contribution is 5.20. The Kier molecular flexibility index (Phi) is 3.01. The first-order valence-corrected chi connectivity index (χ1v) is 4.72. The number of hydrogen-bond acceptors (Lipinski definition) is 3. The zero-order valence-electron chi connectivity index (χ0n) is 8.10. The maximum Gasteiger partial charge on any atom is 0.194 e. The third-order valence-corrected chi connectivity index (χ3v) is 2.04. The van der Waals surface area contributed by atoms with Crippen LogP contribution in [-0.4, -0.2) is 25.6 Å². The Bertz CT molecular complexity index is 267. The van der Waals surface area contributed by atoms with Crippen LogP contribution >= 0.6 is 0 Å². The summed E-state index contributed by atoms with van der Waals surface area (Å²) in [6.45, 7) is 3.24. The molecule has 3 heteroatoms. The topological polar surface area (TPSA) is 27.7 Å².